The Balaban J connectivity index is 2.33. The van der Waals surface area contributed by atoms with Crippen molar-refractivity contribution in [2.45, 2.75) is 31.6 Å². The molecule has 15 heavy (non-hydrogen) atoms. The number of allylic oxidation sites excluding steroid dienone is 2. The molecule has 1 aromatic carbocycles. The van der Waals surface area contributed by atoms with E-state index in [1.807, 2.05) is 12.1 Å². The van der Waals surface area contributed by atoms with Gasteiger partial charge in [-0.25, -0.2) is 4.39 Å². The molecule has 0 heterocycles. The van der Waals surface area contributed by atoms with Gasteiger partial charge in [0.1, 0.15) is 5.82 Å². The summed E-state index contributed by atoms with van der Waals surface area (Å²) in [6, 6.07) is 5.27. The molecule has 2 heteroatoms. The van der Waals surface area contributed by atoms with E-state index in [1.54, 1.807) is 6.92 Å². The molecule has 0 saturated heterocycles. The number of hydrogen-bond acceptors (Lipinski definition) is 0. The molecular weight excluding hydrogens is 211 g/mol. The molecule has 0 spiro atoms. The highest BCUT2D eigenvalue weighted by atomic mass is 35.5. The Kier molecular flexibility index (Phi) is 3.11. The van der Waals surface area contributed by atoms with Gasteiger partial charge in [0.25, 0.3) is 0 Å². The molecule has 1 unspecified atom stereocenters. The van der Waals surface area contributed by atoms with Gasteiger partial charge in [-0.1, -0.05) is 12.1 Å². The lowest BCUT2D eigenvalue weighted by Crippen LogP contribution is -2.03. The van der Waals surface area contributed by atoms with Gasteiger partial charge in [-0.15, -0.1) is 11.6 Å². The van der Waals surface area contributed by atoms with Crippen LogP contribution in [0, 0.1) is 12.7 Å². The predicted molar refractivity (Wildman–Crippen MR) is 62.6 cm³/mol. The molecule has 1 aliphatic carbocycles. The van der Waals surface area contributed by atoms with Crippen molar-refractivity contribution < 1.29 is 4.39 Å². The number of benzene rings is 1. The molecule has 2 rings (SSSR count). The quantitative estimate of drug-likeness (QED) is 0.624. The Morgan fingerprint density at radius 1 is 1.40 bits per heavy atom. The zero-order chi connectivity index (χ0) is 10.8. The second-order valence-corrected chi connectivity index (χ2v) is 4.62. The average Bonchev–Trinajstić information content (AvgIpc) is 2.22. The molecule has 80 valence electrons. The third-order valence-corrected chi connectivity index (χ3v) is 3.18. The van der Waals surface area contributed by atoms with Crippen molar-refractivity contribution in [1.82, 2.24) is 0 Å². The molecule has 0 bridgehead atoms. The van der Waals surface area contributed by atoms with Crippen molar-refractivity contribution in [3.63, 3.8) is 0 Å². The van der Waals surface area contributed by atoms with Crippen LogP contribution in [0.1, 0.15) is 30.4 Å². The third kappa shape index (κ3) is 2.40. The van der Waals surface area contributed by atoms with Gasteiger partial charge in [-0.3, -0.25) is 0 Å². The number of halogens is 2. The number of aryl methyl sites for hydroxylation is 1. The summed E-state index contributed by atoms with van der Waals surface area (Å²) in [7, 11) is 0. The largest absolute Gasteiger partial charge is 0.207 e. The summed E-state index contributed by atoms with van der Waals surface area (Å²) in [5.41, 5.74) is 3.06. The van der Waals surface area contributed by atoms with Gasteiger partial charge in [0.2, 0.25) is 0 Å². The van der Waals surface area contributed by atoms with Crippen LogP contribution in [0.2, 0.25) is 0 Å². The summed E-state index contributed by atoms with van der Waals surface area (Å²) in [4.78, 5) is 0. The van der Waals surface area contributed by atoms with Crippen molar-refractivity contribution in [1.29, 1.82) is 0 Å². The maximum absolute atomic E-state index is 13.1. The van der Waals surface area contributed by atoms with Gasteiger partial charge in [0.15, 0.2) is 0 Å². The molecule has 1 aromatic rings. The summed E-state index contributed by atoms with van der Waals surface area (Å²) in [5, 5.41) is 0.138. The molecule has 1 atom stereocenters. The van der Waals surface area contributed by atoms with Gasteiger partial charge in [0, 0.05) is 0 Å². The fourth-order valence-corrected chi connectivity index (χ4v) is 2.26. The monoisotopic (exact) mass is 224 g/mol. The summed E-state index contributed by atoms with van der Waals surface area (Å²) < 4.78 is 13.1. The average molecular weight is 225 g/mol. The van der Waals surface area contributed by atoms with Crippen LogP contribution in [0.3, 0.4) is 0 Å². The van der Waals surface area contributed by atoms with E-state index in [-0.39, 0.29) is 11.2 Å². The van der Waals surface area contributed by atoms with E-state index in [4.69, 9.17) is 11.6 Å². The van der Waals surface area contributed by atoms with E-state index in [0.717, 1.165) is 24.8 Å². The van der Waals surface area contributed by atoms with Crippen LogP contribution in [0.5, 0.6) is 0 Å². The van der Waals surface area contributed by atoms with E-state index in [9.17, 15) is 4.39 Å². The van der Waals surface area contributed by atoms with Gasteiger partial charge in [-0.2, -0.15) is 0 Å². The van der Waals surface area contributed by atoms with Crippen LogP contribution < -0.4 is 0 Å². The normalized spacial score (nSPS) is 21.3. The summed E-state index contributed by atoms with van der Waals surface area (Å²) in [6.07, 6.45) is 5.31. The first kappa shape index (κ1) is 10.7. The Morgan fingerprint density at radius 2 is 2.20 bits per heavy atom. The van der Waals surface area contributed by atoms with Crippen molar-refractivity contribution in [2.75, 3.05) is 0 Å². The van der Waals surface area contributed by atoms with Crippen LogP contribution in [-0.2, 0) is 0 Å². The molecule has 0 amide bonds. The maximum Gasteiger partial charge on any atom is 0.126 e. The Bertz CT molecular complexity index is 396. The van der Waals surface area contributed by atoms with E-state index < -0.39 is 0 Å². The van der Waals surface area contributed by atoms with Crippen LogP contribution in [-0.4, -0.2) is 5.38 Å². The molecule has 0 saturated carbocycles. The predicted octanol–water partition coefficient (Wildman–Crippen LogP) is 4.31. The second kappa shape index (κ2) is 4.36. The zero-order valence-corrected chi connectivity index (χ0v) is 9.52. The van der Waals surface area contributed by atoms with Crippen LogP contribution in [0.25, 0.3) is 5.57 Å². The van der Waals surface area contributed by atoms with Crippen molar-refractivity contribution >= 4 is 17.2 Å². The molecule has 0 radical (unpaired) electrons. The smallest absolute Gasteiger partial charge is 0.126 e. The number of rotatable bonds is 1. The standard InChI is InChI=1S/C13H14ClF/c1-9-7-11(5-6-13(9)15)10-3-2-4-12(14)8-10/h5-8,12H,2-4H2,1H3. The van der Waals surface area contributed by atoms with Gasteiger partial charge >= 0.3 is 0 Å². The zero-order valence-electron chi connectivity index (χ0n) is 8.76. The highest BCUT2D eigenvalue weighted by Crippen LogP contribution is 2.29. The number of hydrogen-bond donors (Lipinski definition) is 0. The highest BCUT2D eigenvalue weighted by Gasteiger charge is 2.12. The summed E-state index contributed by atoms with van der Waals surface area (Å²) in [6.45, 7) is 1.79. The fraction of sp³-hybridized carbons (Fsp3) is 0.385. The third-order valence-electron chi connectivity index (χ3n) is 2.84. The minimum Gasteiger partial charge on any atom is -0.207 e. The molecule has 0 fully saturated rings. The summed E-state index contributed by atoms with van der Waals surface area (Å²) in [5.74, 6) is -0.141. The lowest BCUT2D eigenvalue weighted by atomic mass is 9.92. The Morgan fingerprint density at radius 3 is 2.87 bits per heavy atom. The minimum atomic E-state index is -0.141. The van der Waals surface area contributed by atoms with E-state index in [1.165, 1.54) is 11.6 Å². The molecule has 0 nitrogen and oxygen atoms in total. The molecule has 0 N–H and O–H groups in total. The molecular formula is C13H14ClF. The van der Waals surface area contributed by atoms with Gasteiger partial charge in [-0.05, 0) is 55.0 Å². The first-order valence-electron chi connectivity index (χ1n) is 5.28. The van der Waals surface area contributed by atoms with Crippen molar-refractivity contribution in [3.8, 4) is 0 Å². The lowest BCUT2D eigenvalue weighted by Gasteiger charge is -2.17. The van der Waals surface area contributed by atoms with Gasteiger partial charge in [0.05, 0.1) is 5.38 Å². The minimum absolute atomic E-state index is 0.138. The highest BCUT2D eigenvalue weighted by molar-refractivity contribution is 6.22. The van der Waals surface area contributed by atoms with E-state index in [2.05, 4.69) is 6.08 Å². The summed E-state index contributed by atoms with van der Waals surface area (Å²) >= 11 is 6.08. The fourth-order valence-electron chi connectivity index (χ4n) is 1.96. The first-order valence-corrected chi connectivity index (χ1v) is 5.72. The van der Waals surface area contributed by atoms with Crippen LogP contribution >= 0.6 is 11.6 Å². The topological polar surface area (TPSA) is 0 Å². The molecule has 1 aliphatic rings. The first-order chi connectivity index (χ1) is 7.16. The second-order valence-electron chi connectivity index (χ2n) is 4.06. The van der Waals surface area contributed by atoms with E-state index >= 15 is 0 Å². The molecule has 0 aromatic heterocycles. The SMILES string of the molecule is Cc1cc(C2=CC(Cl)CCC2)ccc1F. The van der Waals surface area contributed by atoms with Gasteiger partial charge < -0.3 is 0 Å². The molecule has 0 aliphatic heterocycles. The maximum atomic E-state index is 13.1. The Hall–Kier alpha value is -0.820. The van der Waals surface area contributed by atoms with Crippen molar-refractivity contribution in [2.24, 2.45) is 0 Å². The lowest BCUT2D eigenvalue weighted by molar-refractivity contribution is 0.618. The van der Waals surface area contributed by atoms with E-state index in [0.29, 0.717) is 5.56 Å². The van der Waals surface area contributed by atoms with Crippen molar-refractivity contribution in [3.05, 3.63) is 41.2 Å². The van der Waals surface area contributed by atoms with Crippen LogP contribution in [0.15, 0.2) is 24.3 Å². The van der Waals surface area contributed by atoms with Crippen LogP contribution in [0.4, 0.5) is 4.39 Å². The number of alkyl halides is 1. The Labute approximate surface area is 94.8 Å².